The number of nitrogens with one attached hydrogen (secondary N) is 1. The lowest BCUT2D eigenvalue weighted by Gasteiger charge is -2.04. The third-order valence-electron chi connectivity index (χ3n) is 2.98. The molecule has 2 heterocycles. The summed E-state index contributed by atoms with van der Waals surface area (Å²) in [5, 5.41) is 6.76. The number of aromatic nitrogens is 3. The molecule has 0 radical (unpaired) electrons. The topological polar surface area (TPSA) is 99.0 Å². The van der Waals surface area contributed by atoms with Gasteiger partial charge in [-0.15, -0.1) is 0 Å². The molecule has 0 aliphatic heterocycles. The lowest BCUT2D eigenvalue weighted by molar-refractivity contribution is -0.116. The predicted molar refractivity (Wildman–Crippen MR) is 78.7 cm³/mol. The smallest absolute Gasteiger partial charge is 0.246 e. The lowest BCUT2D eigenvalue weighted by Crippen LogP contribution is -2.18. The van der Waals surface area contributed by atoms with Gasteiger partial charge in [-0.25, -0.2) is 4.98 Å². The Bertz CT molecular complexity index is 790. The van der Waals surface area contributed by atoms with Crippen LogP contribution in [0.15, 0.2) is 35.0 Å². The second-order valence-electron chi connectivity index (χ2n) is 4.66. The van der Waals surface area contributed by atoms with Crippen LogP contribution in [0.4, 0.5) is 11.4 Å². The van der Waals surface area contributed by atoms with Crippen LogP contribution in [0.3, 0.4) is 0 Å². The van der Waals surface area contributed by atoms with Gasteiger partial charge < -0.3 is 15.5 Å². The first-order valence-electron chi connectivity index (χ1n) is 6.61. The number of carbonyl (C=O) groups excluding carboxylic acids is 1. The number of nitrogens with zero attached hydrogens (tertiary/aromatic N) is 3. The summed E-state index contributed by atoms with van der Waals surface area (Å²) in [6.45, 7) is 2.08. The van der Waals surface area contributed by atoms with Gasteiger partial charge in [-0.2, -0.15) is 5.10 Å². The summed E-state index contributed by atoms with van der Waals surface area (Å²) in [6, 6.07) is 5.36. The number of aryl methyl sites for hydroxylation is 1. The van der Waals surface area contributed by atoms with Crippen LogP contribution >= 0.6 is 0 Å². The van der Waals surface area contributed by atoms with Crippen molar-refractivity contribution < 1.29 is 9.21 Å². The minimum absolute atomic E-state index is 0.105. The molecule has 2 aromatic heterocycles. The van der Waals surface area contributed by atoms with Gasteiger partial charge in [0.1, 0.15) is 12.1 Å². The molecule has 1 amide bonds. The average Bonchev–Trinajstić information content (AvgIpc) is 3.04. The summed E-state index contributed by atoms with van der Waals surface area (Å²) in [5.41, 5.74) is 8.19. The van der Waals surface area contributed by atoms with Crippen LogP contribution in [0.1, 0.15) is 12.8 Å². The highest BCUT2D eigenvalue weighted by Crippen LogP contribution is 2.20. The van der Waals surface area contributed by atoms with Crippen molar-refractivity contribution in [1.82, 2.24) is 14.8 Å². The van der Waals surface area contributed by atoms with E-state index >= 15 is 0 Å². The number of amides is 1. The fraction of sp³-hybridized carbons (Fsp3) is 0.214. The molecule has 3 N–H and O–H groups in total. The van der Waals surface area contributed by atoms with Crippen molar-refractivity contribution in [2.75, 3.05) is 11.1 Å². The quantitative estimate of drug-likeness (QED) is 0.761. The van der Waals surface area contributed by atoms with Crippen molar-refractivity contribution in [3.05, 3.63) is 36.5 Å². The van der Waals surface area contributed by atoms with Crippen LogP contribution in [0.25, 0.3) is 11.1 Å². The van der Waals surface area contributed by atoms with Crippen molar-refractivity contribution >= 4 is 28.4 Å². The Morgan fingerprint density at radius 1 is 1.48 bits per heavy atom. The molecule has 0 saturated heterocycles. The van der Waals surface area contributed by atoms with Crippen molar-refractivity contribution in [2.45, 2.75) is 19.9 Å². The zero-order valence-electron chi connectivity index (χ0n) is 11.5. The maximum Gasteiger partial charge on any atom is 0.246 e. The summed E-state index contributed by atoms with van der Waals surface area (Å²) in [4.78, 5) is 16.3. The van der Waals surface area contributed by atoms with Crippen molar-refractivity contribution in [3.63, 3.8) is 0 Å². The molecule has 3 aromatic rings. The van der Waals surface area contributed by atoms with Crippen molar-refractivity contribution in [2.24, 2.45) is 0 Å². The molecular formula is C14H15N5O2. The van der Waals surface area contributed by atoms with Crippen molar-refractivity contribution in [3.8, 4) is 0 Å². The Morgan fingerprint density at radius 3 is 3.05 bits per heavy atom. The molecule has 0 saturated carbocycles. The number of nitrogen functional groups attached to an aromatic ring is 1. The number of anilines is 2. The number of hydrogen-bond donors (Lipinski definition) is 2. The third kappa shape index (κ3) is 2.86. The molecule has 108 valence electrons. The monoisotopic (exact) mass is 285 g/mol. The van der Waals surface area contributed by atoms with Gasteiger partial charge in [-0.3, -0.25) is 9.48 Å². The van der Waals surface area contributed by atoms with E-state index in [1.807, 2.05) is 6.92 Å². The number of hydrogen-bond acceptors (Lipinski definition) is 5. The van der Waals surface area contributed by atoms with Crippen LogP contribution in [-0.4, -0.2) is 20.7 Å². The average molecular weight is 285 g/mol. The van der Waals surface area contributed by atoms with Gasteiger partial charge in [0.25, 0.3) is 0 Å². The largest absolute Gasteiger partial charge is 0.441 e. The highest BCUT2D eigenvalue weighted by molar-refractivity contribution is 5.92. The summed E-state index contributed by atoms with van der Waals surface area (Å²) >= 11 is 0. The summed E-state index contributed by atoms with van der Waals surface area (Å²) in [6.07, 6.45) is 3.84. The van der Waals surface area contributed by atoms with E-state index in [0.717, 1.165) is 11.9 Å². The molecular weight excluding hydrogens is 270 g/mol. The van der Waals surface area contributed by atoms with E-state index in [1.54, 1.807) is 24.4 Å². The molecule has 21 heavy (non-hydrogen) atoms. The van der Waals surface area contributed by atoms with Gasteiger partial charge in [-0.1, -0.05) is 6.92 Å². The Morgan fingerprint density at radius 2 is 2.33 bits per heavy atom. The van der Waals surface area contributed by atoms with Gasteiger partial charge in [0.05, 0.1) is 11.9 Å². The highest BCUT2D eigenvalue weighted by atomic mass is 16.3. The number of carbonyl (C=O) groups is 1. The Kier molecular flexibility index (Phi) is 3.31. The second-order valence-corrected chi connectivity index (χ2v) is 4.66. The molecule has 0 aliphatic rings. The van der Waals surface area contributed by atoms with E-state index in [4.69, 9.17) is 10.2 Å². The summed E-state index contributed by atoms with van der Waals surface area (Å²) < 4.78 is 7.00. The highest BCUT2D eigenvalue weighted by Gasteiger charge is 2.08. The van der Waals surface area contributed by atoms with Gasteiger partial charge >= 0.3 is 0 Å². The molecule has 7 heteroatoms. The molecule has 7 nitrogen and oxygen atoms in total. The fourth-order valence-corrected chi connectivity index (χ4v) is 2.02. The first kappa shape index (κ1) is 13.2. The first-order chi connectivity index (χ1) is 10.1. The van der Waals surface area contributed by atoms with Gasteiger partial charge in [0.2, 0.25) is 5.91 Å². The lowest BCUT2D eigenvalue weighted by atomic mass is 10.3. The van der Waals surface area contributed by atoms with E-state index in [1.165, 1.54) is 10.9 Å². The number of oxazole rings is 1. The molecule has 0 fully saturated rings. The number of benzene rings is 1. The van der Waals surface area contributed by atoms with E-state index in [9.17, 15) is 4.79 Å². The summed E-state index contributed by atoms with van der Waals surface area (Å²) in [5.74, 6) is 0.497. The molecule has 0 aliphatic carbocycles. The first-order valence-corrected chi connectivity index (χ1v) is 6.61. The zero-order chi connectivity index (χ0) is 14.8. The van der Waals surface area contributed by atoms with Gasteiger partial charge in [-0.05, 0) is 18.2 Å². The Labute approximate surface area is 120 Å². The van der Waals surface area contributed by atoms with Crippen molar-refractivity contribution in [1.29, 1.82) is 0 Å². The normalized spacial score (nSPS) is 10.9. The van der Waals surface area contributed by atoms with Crippen LogP contribution in [0, 0.1) is 0 Å². The maximum atomic E-state index is 11.9. The molecule has 3 rings (SSSR count). The second kappa shape index (κ2) is 5.28. The minimum atomic E-state index is -0.184. The van der Waals surface area contributed by atoms with E-state index < -0.39 is 0 Å². The van der Waals surface area contributed by atoms with E-state index in [-0.39, 0.29) is 12.5 Å². The van der Waals surface area contributed by atoms with Crippen LogP contribution in [-0.2, 0) is 17.8 Å². The fourth-order valence-electron chi connectivity index (χ4n) is 2.02. The number of fused-ring (bicyclic) bond motifs is 1. The van der Waals surface area contributed by atoms with Crippen LogP contribution in [0.5, 0.6) is 0 Å². The van der Waals surface area contributed by atoms with E-state index in [0.29, 0.717) is 22.8 Å². The number of rotatable bonds is 4. The summed E-state index contributed by atoms with van der Waals surface area (Å²) in [7, 11) is 0. The molecule has 1 aromatic carbocycles. The van der Waals surface area contributed by atoms with E-state index in [2.05, 4.69) is 15.4 Å². The van der Waals surface area contributed by atoms with Gasteiger partial charge in [0, 0.05) is 18.3 Å². The predicted octanol–water partition coefficient (Wildman–Crippen LogP) is 1.81. The van der Waals surface area contributed by atoms with Gasteiger partial charge in [0.15, 0.2) is 11.5 Å². The Hall–Kier alpha value is -2.83. The SMILES string of the molecule is CCc1nc2cc(NC(=O)Cn3cc(N)cn3)ccc2o1. The molecule has 0 bridgehead atoms. The molecule has 0 spiro atoms. The standard InChI is InChI=1S/C14H15N5O2/c1-2-14-18-11-5-10(3-4-12(11)21-14)17-13(20)8-19-7-9(15)6-16-19/h3-7H,2,8,15H2,1H3,(H,17,20). The zero-order valence-corrected chi connectivity index (χ0v) is 11.5. The Balaban J connectivity index is 1.73. The number of nitrogens with two attached hydrogens (primary N) is 1. The molecule has 0 unspecified atom stereocenters. The maximum absolute atomic E-state index is 11.9. The molecule has 0 atom stereocenters. The van der Waals surface area contributed by atoms with Crippen LogP contribution in [0.2, 0.25) is 0 Å². The van der Waals surface area contributed by atoms with Crippen LogP contribution < -0.4 is 11.1 Å². The third-order valence-corrected chi connectivity index (χ3v) is 2.98. The minimum Gasteiger partial charge on any atom is -0.441 e.